The van der Waals surface area contributed by atoms with Crippen LogP contribution in [0.5, 0.6) is 0 Å². The van der Waals surface area contributed by atoms with Crippen molar-refractivity contribution in [3.8, 4) is 0 Å². The molecule has 2 unspecified atom stereocenters. The van der Waals surface area contributed by atoms with Crippen molar-refractivity contribution in [3.63, 3.8) is 0 Å². The van der Waals surface area contributed by atoms with Crippen molar-refractivity contribution in [2.24, 2.45) is 11.5 Å². The quantitative estimate of drug-likeness (QED) is 0.350. The first-order valence-electron chi connectivity index (χ1n) is 11.5. The summed E-state index contributed by atoms with van der Waals surface area (Å²) in [5.41, 5.74) is 17.6. The van der Waals surface area contributed by atoms with Gasteiger partial charge in [-0.05, 0) is 62.1 Å². The summed E-state index contributed by atoms with van der Waals surface area (Å²) in [5.74, 6) is 0. The third kappa shape index (κ3) is 6.61. The molecule has 0 bridgehead atoms. The van der Waals surface area contributed by atoms with Gasteiger partial charge in [-0.3, -0.25) is 0 Å². The van der Waals surface area contributed by atoms with E-state index in [4.69, 9.17) is 11.5 Å². The molecule has 0 heterocycles. The molecule has 30 heavy (non-hydrogen) atoms. The van der Waals surface area contributed by atoms with Crippen LogP contribution in [0.2, 0.25) is 0 Å². The molecule has 0 aromatic heterocycles. The molecule has 0 aliphatic heterocycles. The van der Waals surface area contributed by atoms with E-state index in [9.17, 15) is 0 Å². The number of nitrogens with zero attached hydrogens (tertiary/aromatic N) is 2. The number of nitrogens with two attached hydrogens (primary N) is 2. The first-order chi connectivity index (χ1) is 14.5. The Morgan fingerprint density at radius 2 is 1.07 bits per heavy atom. The van der Waals surface area contributed by atoms with Crippen molar-refractivity contribution in [2.75, 3.05) is 22.9 Å². The van der Waals surface area contributed by atoms with E-state index in [1.807, 2.05) is 0 Å². The molecular formula is C26H40N4. The SMILES string of the molecule is CCCC(N)N(c1ccc(/C=C/c2ccc(N(CC)CC)cc2)cc1)C(N)CCC. The van der Waals surface area contributed by atoms with Gasteiger partial charge in [0.15, 0.2) is 0 Å². The third-order valence-corrected chi connectivity index (χ3v) is 5.56. The van der Waals surface area contributed by atoms with Gasteiger partial charge in [0.25, 0.3) is 0 Å². The van der Waals surface area contributed by atoms with Gasteiger partial charge in [-0.15, -0.1) is 0 Å². The summed E-state index contributed by atoms with van der Waals surface area (Å²) in [5, 5.41) is 0. The minimum Gasteiger partial charge on any atom is -0.372 e. The van der Waals surface area contributed by atoms with Crippen LogP contribution in [-0.4, -0.2) is 25.4 Å². The highest BCUT2D eigenvalue weighted by Crippen LogP contribution is 2.23. The van der Waals surface area contributed by atoms with E-state index < -0.39 is 0 Å². The zero-order valence-electron chi connectivity index (χ0n) is 19.2. The molecule has 0 spiro atoms. The molecule has 2 aromatic rings. The van der Waals surface area contributed by atoms with Crippen LogP contribution in [0.4, 0.5) is 11.4 Å². The highest BCUT2D eigenvalue weighted by Gasteiger charge is 2.20. The predicted molar refractivity (Wildman–Crippen MR) is 134 cm³/mol. The second-order valence-corrected chi connectivity index (χ2v) is 7.81. The summed E-state index contributed by atoms with van der Waals surface area (Å²) in [6, 6.07) is 17.3. The van der Waals surface area contributed by atoms with Gasteiger partial charge in [-0.1, -0.05) is 63.1 Å². The molecule has 0 aliphatic rings. The summed E-state index contributed by atoms with van der Waals surface area (Å²) in [7, 11) is 0. The van der Waals surface area contributed by atoms with E-state index in [2.05, 4.69) is 98.2 Å². The van der Waals surface area contributed by atoms with E-state index in [0.29, 0.717) is 0 Å². The molecule has 2 aromatic carbocycles. The van der Waals surface area contributed by atoms with E-state index in [-0.39, 0.29) is 12.3 Å². The number of rotatable bonds is 12. The van der Waals surface area contributed by atoms with Crippen molar-refractivity contribution in [3.05, 3.63) is 59.7 Å². The van der Waals surface area contributed by atoms with Crippen LogP contribution in [0.1, 0.15) is 64.5 Å². The van der Waals surface area contributed by atoms with E-state index in [1.165, 1.54) is 16.8 Å². The van der Waals surface area contributed by atoms with Crippen LogP contribution < -0.4 is 21.3 Å². The lowest BCUT2D eigenvalue weighted by molar-refractivity contribution is 0.469. The largest absolute Gasteiger partial charge is 0.372 e. The van der Waals surface area contributed by atoms with E-state index in [0.717, 1.165) is 44.5 Å². The fourth-order valence-electron chi connectivity index (χ4n) is 3.83. The molecule has 2 atom stereocenters. The Hall–Kier alpha value is -2.30. The van der Waals surface area contributed by atoms with Gasteiger partial charge < -0.3 is 21.3 Å². The Morgan fingerprint density at radius 1 is 0.667 bits per heavy atom. The van der Waals surface area contributed by atoms with Crippen molar-refractivity contribution in [1.29, 1.82) is 0 Å². The molecule has 0 amide bonds. The fourth-order valence-corrected chi connectivity index (χ4v) is 3.83. The summed E-state index contributed by atoms with van der Waals surface area (Å²) >= 11 is 0. The Labute approximate surface area is 183 Å². The lowest BCUT2D eigenvalue weighted by atomic mass is 10.1. The lowest BCUT2D eigenvalue weighted by Gasteiger charge is -2.36. The topological polar surface area (TPSA) is 58.5 Å². The number of anilines is 2. The third-order valence-electron chi connectivity index (χ3n) is 5.56. The number of hydrogen-bond acceptors (Lipinski definition) is 4. The molecule has 4 nitrogen and oxygen atoms in total. The van der Waals surface area contributed by atoms with Gasteiger partial charge in [0.05, 0.1) is 12.3 Å². The molecule has 4 heteroatoms. The van der Waals surface area contributed by atoms with Gasteiger partial charge >= 0.3 is 0 Å². The maximum atomic E-state index is 6.45. The standard InChI is InChI=1S/C26H40N4/c1-5-9-25(27)30(26(28)10-6-2)24-19-15-22(16-20-24)12-11-21-13-17-23(18-14-21)29(7-3)8-4/h11-20,25-26H,5-10,27-28H2,1-4H3/b12-11+. The Bertz CT molecular complexity index is 736. The van der Waals surface area contributed by atoms with Crippen LogP contribution in [0.15, 0.2) is 48.5 Å². The summed E-state index contributed by atoms with van der Waals surface area (Å²) in [6.45, 7) is 10.7. The number of hydrogen-bond donors (Lipinski definition) is 2. The van der Waals surface area contributed by atoms with Crippen LogP contribution in [-0.2, 0) is 0 Å². The van der Waals surface area contributed by atoms with E-state index in [1.54, 1.807) is 0 Å². The average Bonchev–Trinajstić information content (AvgIpc) is 2.75. The molecule has 4 N–H and O–H groups in total. The molecule has 0 aliphatic carbocycles. The Kier molecular flexibility index (Phi) is 9.92. The normalized spacial score (nSPS) is 13.4. The maximum absolute atomic E-state index is 6.45. The molecule has 0 fully saturated rings. The van der Waals surface area contributed by atoms with Crippen LogP contribution in [0.3, 0.4) is 0 Å². The van der Waals surface area contributed by atoms with Gasteiger partial charge in [0.2, 0.25) is 0 Å². The minimum atomic E-state index is -0.0535. The van der Waals surface area contributed by atoms with Crippen LogP contribution >= 0.6 is 0 Å². The molecule has 0 saturated heterocycles. The smallest absolute Gasteiger partial charge is 0.0786 e. The lowest BCUT2D eigenvalue weighted by Crippen LogP contribution is -2.52. The molecule has 2 rings (SSSR count). The second-order valence-electron chi connectivity index (χ2n) is 7.81. The predicted octanol–water partition coefficient (Wildman–Crippen LogP) is 5.68. The summed E-state index contributed by atoms with van der Waals surface area (Å²) in [4.78, 5) is 4.52. The second kappa shape index (κ2) is 12.4. The first-order valence-corrected chi connectivity index (χ1v) is 11.5. The summed E-state index contributed by atoms with van der Waals surface area (Å²) in [6.07, 6.45) is 8.16. The molecular weight excluding hydrogens is 368 g/mol. The highest BCUT2D eigenvalue weighted by molar-refractivity contribution is 5.71. The van der Waals surface area contributed by atoms with Gasteiger partial charge in [-0.25, -0.2) is 0 Å². The van der Waals surface area contributed by atoms with Gasteiger partial charge in [0, 0.05) is 24.5 Å². The molecule has 0 radical (unpaired) electrons. The average molecular weight is 409 g/mol. The zero-order valence-corrected chi connectivity index (χ0v) is 19.2. The van der Waals surface area contributed by atoms with Crippen molar-refractivity contribution < 1.29 is 0 Å². The van der Waals surface area contributed by atoms with E-state index >= 15 is 0 Å². The minimum absolute atomic E-state index is 0.0535. The zero-order chi connectivity index (χ0) is 21.9. The molecule has 0 saturated carbocycles. The molecule has 164 valence electrons. The summed E-state index contributed by atoms with van der Waals surface area (Å²) < 4.78 is 0. The van der Waals surface area contributed by atoms with Gasteiger partial charge in [0.1, 0.15) is 0 Å². The highest BCUT2D eigenvalue weighted by atomic mass is 15.3. The number of benzene rings is 2. The van der Waals surface area contributed by atoms with Crippen molar-refractivity contribution in [1.82, 2.24) is 0 Å². The van der Waals surface area contributed by atoms with Crippen LogP contribution in [0, 0.1) is 0 Å². The fraction of sp³-hybridized carbons (Fsp3) is 0.462. The first kappa shape index (κ1) is 24.0. The van der Waals surface area contributed by atoms with Crippen molar-refractivity contribution in [2.45, 2.75) is 65.7 Å². The monoisotopic (exact) mass is 408 g/mol. The Balaban J connectivity index is 2.11. The van der Waals surface area contributed by atoms with Gasteiger partial charge in [-0.2, -0.15) is 0 Å². The maximum Gasteiger partial charge on any atom is 0.0786 e. The Morgan fingerprint density at radius 3 is 1.43 bits per heavy atom. The van der Waals surface area contributed by atoms with Crippen LogP contribution in [0.25, 0.3) is 12.2 Å². The van der Waals surface area contributed by atoms with Crippen molar-refractivity contribution >= 4 is 23.5 Å².